The molecule has 0 saturated carbocycles. The van der Waals surface area contributed by atoms with Gasteiger partial charge in [-0.05, 0) is 41.1 Å². The van der Waals surface area contributed by atoms with E-state index in [4.69, 9.17) is 0 Å². The van der Waals surface area contributed by atoms with Gasteiger partial charge < -0.3 is 5.32 Å². The number of nitro groups is 1. The molecule has 0 spiro atoms. The largest absolute Gasteiger partial charge is 0.380 e. The van der Waals surface area contributed by atoms with Crippen LogP contribution in [-0.2, 0) is 6.54 Å². The molecule has 0 atom stereocenters. The van der Waals surface area contributed by atoms with Gasteiger partial charge in [-0.25, -0.2) is 0 Å². The zero-order valence-corrected chi connectivity index (χ0v) is 12.0. The summed E-state index contributed by atoms with van der Waals surface area (Å²) >= 11 is 5.04. The molecule has 1 aromatic heterocycles. The highest BCUT2D eigenvalue weighted by molar-refractivity contribution is 9.11. The first-order chi connectivity index (χ1) is 8.56. The summed E-state index contributed by atoms with van der Waals surface area (Å²) in [6.45, 7) is 2.40. The van der Waals surface area contributed by atoms with Gasteiger partial charge in [0.15, 0.2) is 0 Å². The number of nitrogens with one attached hydrogen (secondary N) is 1. The summed E-state index contributed by atoms with van der Waals surface area (Å²) in [5, 5.41) is 14.0. The average molecular weight is 327 g/mol. The van der Waals surface area contributed by atoms with E-state index >= 15 is 0 Å². The van der Waals surface area contributed by atoms with Gasteiger partial charge in [-0.2, -0.15) is 0 Å². The van der Waals surface area contributed by atoms with Gasteiger partial charge in [-0.3, -0.25) is 10.1 Å². The maximum atomic E-state index is 10.8. The summed E-state index contributed by atoms with van der Waals surface area (Å²) in [6.07, 6.45) is 0. The Bertz CT molecular complexity index is 583. The zero-order chi connectivity index (χ0) is 13.1. The van der Waals surface area contributed by atoms with Gasteiger partial charge in [0.05, 0.1) is 8.71 Å². The van der Waals surface area contributed by atoms with E-state index in [-0.39, 0.29) is 10.6 Å². The van der Waals surface area contributed by atoms with E-state index in [2.05, 4.69) is 21.2 Å². The third-order valence-corrected chi connectivity index (χ3v) is 4.13. The third-order valence-electron chi connectivity index (χ3n) is 2.50. The lowest BCUT2D eigenvalue weighted by Gasteiger charge is -2.05. The molecular formula is C12H11BrN2O2S. The Balaban J connectivity index is 2.10. The number of anilines is 1. The number of halogens is 1. The Kier molecular flexibility index (Phi) is 3.98. The summed E-state index contributed by atoms with van der Waals surface area (Å²) in [5.41, 5.74) is 1.58. The summed E-state index contributed by atoms with van der Waals surface area (Å²) in [5.74, 6) is 0. The van der Waals surface area contributed by atoms with Crippen molar-refractivity contribution in [1.82, 2.24) is 0 Å². The predicted molar refractivity (Wildman–Crippen MR) is 77.2 cm³/mol. The smallest absolute Gasteiger partial charge is 0.274 e. The molecule has 0 aliphatic rings. The van der Waals surface area contributed by atoms with Crippen LogP contribution < -0.4 is 5.32 Å². The monoisotopic (exact) mass is 326 g/mol. The maximum absolute atomic E-state index is 10.8. The highest BCUT2D eigenvalue weighted by Crippen LogP contribution is 2.25. The summed E-state index contributed by atoms with van der Waals surface area (Å²) < 4.78 is 1.08. The molecule has 0 radical (unpaired) electrons. The number of nitro benzene ring substituents is 1. The first-order valence-electron chi connectivity index (χ1n) is 5.29. The van der Waals surface area contributed by atoms with Crippen LogP contribution in [0.5, 0.6) is 0 Å². The number of benzene rings is 1. The fourth-order valence-electron chi connectivity index (χ4n) is 1.55. The average Bonchev–Trinajstić information content (AvgIpc) is 2.74. The Morgan fingerprint density at radius 3 is 2.78 bits per heavy atom. The molecule has 94 valence electrons. The summed E-state index contributed by atoms with van der Waals surface area (Å²) in [6, 6.07) is 9.18. The fraction of sp³-hybridized carbons (Fsp3) is 0.167. The number of thiophene rings is 1. The van der Waals surface area contributed by atoms with Crippen molar-refractivity contribution in [3.63, 3.8) is 0 Å². The van der Waals surface area contributed by atoms with Crippen molar-refractivity contribution in [1.29, 1.82) is 0 Å². The molecule has 0 aliphatic carbocycles. The van der Waals surface area contributed by atoms with E-state index in [0.717, 1.165) is 9.47 Å². The molecule has 0 saturated heterocycles. The fourth-order valence-corrected chi connectivity index (χ4v) is 2.97. The van der Waals surface area contributed by atoms with Gasteiger partial charge >= 0.3 is 0 Å². The van der Waals surface area contributed by atoms with Crippen molar-refractivity contribution >= 4 is 38.6 Å². The Labute approximate surface area is 117 Å². The molecule has 0 unspecified atom stereocenters. The van der Waals surface area contributed by atoms with E-state index in [1.165, 1.54) is 4.88 Å². The normalized spacial score (nSPS) is 10.3. The summed E-state index contributed by atoms with van der Waals surface area (Å²) in [7, 11) is 0. The number of aryl methyl sites for hydroxylation is 1. The molecule has 0 amide bonds. The second-order valence-electron chi connectivity index (χ2n) is 3.82. The SMILES string of the molecule is Cc1ccc(NCc2ccc(Br)s2)cc1[N+](=O)[O-]. The van der Waals surface area contributed by atoms with Gasteiger partial charge in [0, 0.05) is 28.7 Å². The van der Waals surface area contributed by atoms with Crippen LogP contribution in [0, 0.1) is 17.0 Å². The molecular weight excluding hydrogens is 316 g/mol. The molecule has 0 fully saturated rings. The molecule has 2 aromatic rings. The van der Waals surface area contributed by atoms with Crippen molar-refractivity contribution in [2.75, 3.05) is 5.32 Å². The van der Waals surface area contributed by atoms with E-state index in [9.17, 15) is 10.1 Å². The lowest BCUT2D eigenvalue weighted by atomic mass is 10.2. The van der Waals surface area contributed by atoms with Crippen LogP contribution in [0.2, 0.25) is 0 Å². The molecule has 1 N–H and O–H groups in total. The summed E-state index contributed by atoms with van der Waals surface area (Å²) in [4.78, 5) is 11.6. The van der Waals surface area contributed by atoms with Crippen LogP contribution in [0.25, 0.3) is 0 Å². The van der Waals surface area contributed by atoms with Gasteiger partial charge in [-0.1, -0.05) is 6.07 Å². The highest BCUT2D eigenvalue weighted by Gasteiger charge is 2.10. The second-order valence-corrected chi connectivity index (χ2v) is 6.37. The minimum absolute atomic E-state index is 0.146. The van der Waals surface area contributed by atoms with Gasteiger partial charge in [0.1, 0.15) is 0 Å². The van der Waals surface area contributed by atoms with E-state index in [0.29, 0.717) is 12.1 Å². The molecule has 0 aliphatic heterocycles. The molecule has 4 nitrogen and oxygen atoms in total. The standard InChI is InChI=1S/C12H11BrN2O2S/c1-8-2-3-9(6-11(8)15(16)17)14-7-10-4-5-12(13)18-10/h2-6,14H,7H2,1H3. The van der Waals surface area contributed by atoms with Crippen LogP contribution in [0.3, 0.4) is 0 Å². The number of hydrogen-bond donors (Lipinski definition) is 1. The lowest BCUT2D eigenvalue weighted by molar-refractivity contribution is -0.385. The molecule has 18 heavy (non-hydrogen) atoms. The zero-order valence-electron chi connectivity index (χ0n) is 9.64. The van der Waals surface area contributed by atoms with Crippen LogP contribution in [0.15, 0.2) is 34.1 Å². The number of nitrogens with zero attached hydrogens (tertiary/aromatic N) is 1. The highest BCUT2D eigenvalue weighted by atomic mass is 79.9. The first-order valence-corrected chi connectivity index (χ1v) is 6.90. The van der Waals surface area contributed by atoms with E-state index in [1.54, 1.807) is 30.4 Å². The third kappa shape index (κ3) is 3.08. The van der Waals surface area contributed by atoms with Gasteiger partial charge in [0.25, 0.3) is 5.69 Å². The molecule has 1 heterocycles. The van der Waals surface area contributed by atoms with Crippen molar-refractivity contribution in [3.05, 3.63) is 54.7 Å². The van der Waals surface area contributed by atoms with Gasteiger partial charge in [-0.15, -0.1) is 11.3 Å². The van der Waals surface area contributed by atoms with Crippen LogP contribution in [0.1, 0.15) is 10.4 Å². The van der Waals surface area contributed by atoms with E-state index in [1.807, 2.05) is 18.2 Å². The molecule has 1 aromatic carbocycles. The Morgan fingerprint density at radius 1 is 1.39 bits per heavy atom. The second kappa shape index (κ2) is 5.49. The quantitative estimate of drug-likeness (QED) is 0.671. The minimum Gasteiger partial charge on any atom is -0.380 e. The molecule has 6 heteroatoms. The number of rotatable bonds is 4. The Hall–Kier alpha value is -1.40. The van der Waals surface area contributed by atoms with Crippen molar-refractivity contribution in [2.24, 2.45) is 0 Å². The maximum Gasteiger partial charge on any atom is 0.274 e. The van der Waals surface area contributed by atoms with Crippen molar-refractivity contribution < 1.29 is 4.92 Å². The van der Waals surface area contributed by atoms with Crippen LogP contribution in [-0.4, -0.2) is 4.92 Å². The minimum atomic E-state index is -0.359. The van der Waals surface area contributed by atoms with Crippen LogP contribution in [0.4, 0.5) is 11.4 Å². The Morgan fingerprint density at radius 2 is 2.17 bits per heavy atom. The first kappa shape index (κ1) is 13.0. The molecule has 2 rings (SSSR count). The molecule has 0 bridgehead atoms. The number of hydrogen-bond acceptors (Lipinski definition) is 4. The predicted octanol–water partition coefficient (Wildman–Crippen LogP) is 4.34. The van der Waals surface area contributed by atoms with Crippen molar-refractivity contribution in [2.45, 2.75) is 13.5 Å². The van der Waals surface area contributed by atoms with Crippen molar-refractivity contribution in [3.8, 4) is 0 Å². The van der Waals surface area contributed by atoms with E-state index < -0.39 is 0 Å². The van der Waals surface area contributed by atoms with Crippen LogP contribution >= 0.6 is 27.3 Å². The topological polar surface area (TPSA) is 55.2 Å². The lowest BCUT2D eigenvalue weighted by Crippen LogP contribution is -1.99. The van der Waals surface area contributed by atoms with Gasteiger partial charge in [0.2, 0.25) is 0 Å².